The van der Waals surface area contributed by atoms with E-state index in [1.54, 1.807) is 0 Å². The van der Waals surface area contributed by atoms with Gasteiger partial charge in [0.15, 0.2) is 23.1 Å². The number of hydrogen-bond acceptors (Lipinski definition) is 4. The van der Waals surface area contributed by atoms with Crippen LogP contribution in [0, 0.1) is 0 Å². The molecule has 0 aliphatic rings. The van der Waals surface area contributed by atoms with Crippen LogP contribution < -0.4 is 0 Å². The fraction of sp³-hybridized carbons (Fsp3) is 0. The van der Waals surface area contributed by atoms with E-state index >= 15 is 0 Å². The first kappa shape index (κ1) is 32.6. The summed E-state index contributed by atoms with van der Waals surface area (Å²) >= 11 is 0. The summed E-state index contributed by atoms with van der Waals surface area (Å²) in [6, 6.07) is 66.5. The maximum atomic E-state index is 6.93. The van der Waals surface area contributed by atoms with E-state index in [1.165, 1.54) is 59.6 Å². The predicted molar refractivity (Wildman–Crippen MR) is 250 cm³/mol. The molecule has 0 unspecified atom stereocenters. The van der Waals surface area contributed by atoms with Gasteiger partial charge in [-0.05, 0) is 53.2 Å². The van der Waals surface area contributed by atoms with Gasteiger partial charge in [-0.1, -0.05) is 146 Å². The number of nitrogens with zero attached hydrogens (tertiary/aromatic N) is 5. The van der Waals surface area contributed by atoms with Crippen molar-refractivity contribution in [3.63, 3.8) is 0 Å². The van der Waals surface area contributed by atoms with Gasteiger partial charge in [0.2, 0.25) is 0 Å². The van der Waals surface area contributed by atoms with Crippen LogP contribution in [0.25, 0.3) is 132 Å². The lowest BCUT2D eigenvalue weighted by Crippen LogP contribution is -2.01. The van der Waals surface area contributed by atoms with E-state index < -0.39 is 0 Å². The van der Waals surface area contributed by atoms with Crippen LogP contribution in [-0.4, -0.2) is 23.9 Å². The molecule has 6 heteroatoms. The highest BCUT2D eigenvalue weighted by atomic mass is 16.3. The molecule has 61 heavy (non-hydrogen) atoms. The average molecular weight is 778 g/mol. The van der Waals surface area contributed by atoms with E-state index in [-0.39, 0.29) is 0 Å². The molecule has 282 valence electrons. The first-order valence-corrected chi connectivity index (χ1v) is 20.6. The van der Waals surface area contributed by atoms with Crippen LogP contribution in [0.3, 0.4) is 0 Å². The number of furan rings is 1. The van der Waals surface area contributed by atoms with Gasteiger partial charge >= 0.3 is 0 Å². The summed E-state index contributed by atoms with van der Waals surface area (Å²) in [6.45, 7) is 0. The van der Waals surface area contributed by atoms with Crippen LogP contribution in [-0.2, 0) is 0 Å². The molecule has 14 aromatic rings. The lowest BCUT2D eigenvalue weighted by Gasteiger charge is -2.13. The van der Waals surface area contributed by atoms with Gasteiger partial charge in [0.1, 0.15) is 5.58 Å². The van der Waals surface area contributed by atoms with Gasteiger partial charge in [0, 0.05) is 59.8 Å². The summed E-state index contributed by atoms with van der Waals surface area (Å²) in [7, 11) is 0. The van der Waals surface area contributed by atoms with Crippen LogP contribution in [0.5, 0.6) is 0 Å². The molecular weight excluding hydrogens is 747 g/mol. The maximum Gasteiger partial charge on any atom is 0.164 e. The molecule has 6 nitrogen and oxygen atoms in total. The summed E-state index contributed by atoms with van der Waals surface area (Å²) in [5.41, 5.74) is 11.1. The monoisotopic (exact) mass is 777 g/mol. The molecule has 0 bridgehead atoms. The molecular formula is C55H31N5O. The Balaban J connectivity index is 1.15. The second-order valence-electron chi connectivity index (χ2n) is 16.0. The first-order chi connectivity index (χ1) is 30.2. The Morgan fingerprint density at radius 1 is 0.361 bits per heavy atom. The van der Waals surface area contributed by atoms with Crippen molar-refractivity contribution >= 4 is 92.6 Å². The van der Waals surface area contributed by atoms with Gasteiger partial charge in [0.05, 0.1) is 33.3 Å². The van der Waals surface area contributed by atoms with Crippen LogP contribution >= 0.6 is 0 Å². The standard InChI is InChI=1S/C55H31N5O/c1-3-15-33(16-4-1)53-56-54(34-17-5-2-6-18-34)58-55(57-53)35-28-42-38-21-10-12-25-49(38)61-52(42)48(29-35)59-45-27-26-32-14-7-8-19-36(32)50(45)43-30-41-40-23-13-22-39-37-20-9-11-24-44(37)60(51(39)40)46(41)31-47(43)59/h1-31H. The van der Waals surface area contributed by atoms with Gasteiger partial charge < -0.3 is 13.4 Å². The fourth-order valence-electron chi connectivity index (χ4n) is 10.0. The molecule has 14 rings (SSSR count). The largest absolute Gasteiger partial charge is 0.454 e. The molecule has 0 radical (unpaired) electrons. The highest BCUT2D eigenvalue weighted by molar-refractivity contribution is 6.29. The van der Waals surface area contributed by atoms with Crippen LogP contribution in [0.1, 0.15) is 0 Å². The second-order valence-corrected chi connectivity index (χ2v) is 16.0. The number of para-hydroxylation sites is 3. The quantitative estimate of drug-likeness (QED) is 0.179. The van der Waals surface area contributed by atoms with E-state index in [0.717, 1.165) is 55.3 Å². The zero-order valence-electron chi connectivity index (χ0n) is 32.5. The number of fused-ring (bicyclic) bond motifs is 14. The Hall–Kier alpha value is -8.35. The zero-order valence-corrected chi connectivity index (χ0v) is 32.5. The molecule has 0 atom stereocenters. The summed E-state index contributed by atoms with van der Waals surface area (Å²) in [5.74, 6) is 1.82. The minimum Gasteiger partial charge on any atom is -0.454 e. The number of benzene rings is 9. The second kappa shape index (κ2) is 12.1. The average Bonchev–Trinajstić information content (AvgIpc) is 4.07. The molecule has 9 aromatic carbocycles. The molecule has 0 aliphatic carbocycles. The van der Waals surface area contributed by atoms with Gasteiger partial charge in [-0.3, -0.25) is 0 Å². The van der Waals surface area contributed by atoms with E-state index in [1.807, 2.05) is 66.7 Å². The van der Waals surface area contributed by atoms with E-state index in [0.29, 0.717) is 17.5 Å². The fourth-order valence-corrected chi connectivity index (χ4v) is 10.0. The lowest BCUT2D eigenvalue weighted by atomic mass is 10.0. The number of hydrogen-bond donors (Lipinski definition) is 0. The van der Waals surface area contributed by atoms with Crippen molar-refractivity contribution in [2.75, 3.05) is 0 Å². The van der Waals surface area contributed by atoms with Gasteiger partial charge in [0.25, 0.3) is 0 Å². The third-order valence-corrected chi connectivity index (χ3v) is 12.7. The zero-order chi connectivity index (χ0) is 39.8. The molecule has 0 fully saturated rings. The Bertz CT molecular complexity index is 4050. The SMILES string of the molecule is c1ccc(-c2nc(-c3ccccc3)nc(-c3cc(-n4c5cc6c(cc5c5c7ccccc7ccc54)c4cccc5c7ccccc7n6c54)c4oc5ccccc5c4c3)n2)cc1. The summed E-state index contributed by atoms with van der Waals surface area (Å²) in [5, 5.41) is 11.8. The molecule has 5 aromatic heterocycles. The number of aromatic nitrogens is 5. The Kier molecular flexibility index (Phi) is 6.46. The lowest BCUT2D eigenvalue weighted by molar-refractivity contribution is 0.666. The van der Waals surface area contributed by atoms with Crippen molar-refractivity contribution < 1.29 is 4.42 Å². The van der Waals surface area contributed by atoms with E-state index in [2.05, 4.69) is 130 Å². The molecule has 0 N–H and O–H groups in total. The highest BCUT2D eigenvalue weighted by Gasteiger charge is 2.25. The van der Waals surface area contributed by atoms with E-state index in [9.17, 15) is 0 Å². The Morgan fingerprint density at radius 3 is 1.75 bits per heavy atom. The third-order valence-electron chi connectivity index (χ3n) is 12.7. The Labute approximate surface area is 347 Å². The van der Waals surface area contributed by atoms with Crippen molar-refractivity contribution in [2.24, 2.45) is 0 Å². The van der Waals surface area contributed by atoms with Crippen molar-refractivity contribution in [1.29, 1.82) is 0 Å². The Morgan fingerprint density at radius 2 is 0.984 bits per heavy atom. The molecule has 0 aliphatic heterocycles. The summed E-state index contributed by atoms with van der Waals surface area (Å²) in [6.07, 6.45) is 0. The van der Waals surface area contributed by atoms with Gasteiger partial charge in [-0.2, -0.15) is 0 Å². The van der Waals surface area contributed by atoms with Crippen molar-refractivity contribution in [3.05, 3.63) is 188 Å². The smallest absolute Gasteiger partial charge is 0.164 e. The minimum absolute atomic E-state index is 0.588. The van der Waals surface area contributed by atoms with E-state index in [4.69, 9.17) is 19.4 Å². The van der Waals surface area contributed by atoms with Gasteiger partial charge in [-0.15, -0.1) is 0 Å². The molecule has 5 heterocycles. The number of rotatable bonds is 4. The van der Waals surface area contributed by atoms with Crippen LogP contribution in [0.15, 0.2) is 192 Å². The normalized spacial score (nSPS) is 12.3. The molecule has 0 saturated carbocycles. The maximum absolute atomic E-state index is 6.93. The third kappa shape index (κ3) is 4.53. The first-order valence-electron chi connectivity index (χ1n) is 20.6. The van der Waals surface area contributed by atoms with Gasteiger partial charge in [-0.25, -0.2) is 15.0 Å². The van der Waals surface area contributed by atoms with Crippen molar-refractivity contribution in [2.45, 2.75) is 0 Å². The summed E-state index contributed by atoms with van der Waals surface area (Å²) in [4.78, 5) is 15.4. The molecule has 0 spiro atoms. The van der Waals surface area contributed by atoms with Crippen LogP contribution in [0.4, 0.5) is 0 Å². The molecule has 0 saturated heterocycles. The topological polar surface area (TPSA) is 61.2 Å². The summed E-state index contributed by atoms with van der Waals surface area (Å²) < 4.78 is 11.8. The van der Waals surface area contributed by atoms with Crippen molar-refractivity contribution in [3.8, 4) is 39.9 Å². The predicted octanol–water partition coefficient (Wildman–Crippen LogP) is 14.2. The van der Waals surface area contributed by atoms with Crippen molar-refractivity contribution in [1.82, 2.24) is 23.9 Å². The van der Waals surface area contributed by atoms with Crippen LogP contribution in [0.2, 0.25) is 0 Å². The highest BCUT2D eigenvalue weighted by Crippen LogP contribution is 2.46. The molecule has 0 amide bonds. The minimum atomic E-state index is 0.588.